The molecule has 19 heavy (non-hydrogen) atoms. The smallest absolute Gasteiger partial charge is 0.406 e. The summed E-state index contributed by atoms with van der Waals surface area (Å²) in [6.07, 6.45) is -4.16. The zero-order valence-electron chi connectivity index (χ0n) is 9.75. The van der Waals surface area contributed by atoms with E-state index in [0.717, 1.165) is 11.1 Å². The molecule has 0 aliphatic rings. The van der Waals surface area contributed by atoms with Crippen molar-refractivity contribution in [2.75, 3.05) is 0 Å². The molecule has 5 heteroatoms. The minimum atomic E-state index is -4.68. The lowest BCUT2D eigenvalue weighted by atomic mass is 10.1. The first-order valence-electron chi connectivity index (χ1n) is 5.51. The van der Waals surface area contributed by atoms with Gasteiger partial charge in [0.2, 0.25) is 0 Å². The SMILES string of the molecule is Fc1ccc(Cc2ccc(OC(F)(F)F)cc2)cc1. The summed E-state index contributed by atoms with van der Waals surface area (Å²) in [6, 6.07) is 11.6. The highest BCUT2D eigenvalue weighted by atomic mass is 19.4. The minimum Gasteiger partial charge on any atom is -0.406 e. The van der Waals surface area contributed by atoms with Crippen molar-refractivity contribution in [2.45, 2.75) is 12.8 Å². The predicted octanol–water partition coefficient (Wildman–Crippen LogP) is 4.32. The molecule has 100 valence electrons. The summed E-state index contributed by atoms with van der Waals surface area (Å²) in [5.74, 6) is -0.576. The number of hydrogen-bond donors (Lipinski definition) is 0. The third kappa shape index (κ3) is 4.28. The quantitative estimate of drug-likeness (QED) is 0.755. The Kier molecular flexibility index (Phi) is 3.74. The van der Waals surface area contributed by atoms with Gasteiger partial charge in [-0.05, 0) is 41.8 Å². The third-order valence-corrected chi connectivity index (χ3v) is 2.48. The first-order chi connectivity index (χ1) is 8.92. The van der Waals surface area contributed by atoms with Crippen LogP contribution in [0.25, 0.3) is 0 Å². The molecular weight excluding hydrogens is 260 g/mol. The molecule has 0 aliphatic heterocycles. The second kappa shape index (κ2) is 5.30. The lowest BCUT2D eigenvalue weighted by Gasteiger charge is -2.09. The van der Waals surface area contributed by atoms with Crippen molar-refractivity contribution in [3.05, 3.63) is 65.5 Å². The molecule has 0 unspecified atom stereocenters. The zero-order chi connectivity index (χ0) is 13.9. The van der Waals surface area contributed by atoms with E-state index in [2.05, 4.69) is 4.74 Å². The van der Waals surface area contributed by atoms with Gasteiger partial charge in [0.1, 0.15) is 11.6 Å². The molecule has 2 aromatic carbocycles. The first kappa shape index (κ1) is 13.4. The third-order valence-electron chi connectivity index (χ3n) is 2.48. The molecule has 2 rings (SSSR count). The van der Waals surface area contributed by atoms with Gasteiger partial charge in [-0.2, -0.15) is 0 Å². The zero-order valence-corrected chi connectivity index (χ0v) is 9.75. The maximum absolute atomic E-state index is 12.7. The number of rotatable bonds is 3. The van der Waals surface area contributed by atoms with Crippen LogP contribution in [0.3, 0.4) is 0 Å². The van der Waals surface area contributed by atoms with E-state index in [1.165, 1.54) is 24.3 Å². The van der Waals surface area contributed by atoms with Crippen molar-refractivity contribution < 1.29 is 22.3 Å². The van der Waals surface area contributed by atoms with Crippen LogP contribution in [0.5, 0.6) is 5.75 Å². The van der Waals surface area contributed by atoms with Crippen molar-refractivity contribution in [1.29, 1.82) is 0 Å². The van der Waals surface area contributed by atoms with Crippen molar-refractivity contribution in [3.63, 3.8) is 0 Å². The van der Waals surface area contributed by atoms with Crippen molar-refractivity contribution in [2.24, 2.45) is 0 Å². The van der Waals surface area contributed by atoms with Crippen LogP contribution in [0.4, 0.5) is 17.6 Å². The molecule has 0 saturated carbocycles. The Balaban J connectivity index is 2.04. The maximum atomic E-state index is 12.7. The minimum absolute atomic E-state index is 0.254. The second-order valence-corrected chi connectivity index (χ2v) is 3.99. The Morgan fingerprint density at radius 1 is 0.789 bits per heavy atom. The van der Waals surface area contributed by atoms with Gasteiger partial charge in [0, 0.05) is 0 Å². The number of ether oxygens (including phenoxy) is 1. The topological polar surface area (TPSA) is 9.23 Å². The van der Waals surface area contributed by atoms with Gasteiger partial charge in [-0.1, -0.05) is 24.3 Å². The van der Waals surface area contributed by atoms with Crippen LogP contribution in [0.1, 0.15) is 11.1 Å². The van der Waals surface area contributed by atoms with Crippen molar-refractivity contribution in [3.8, 4) is 5.75 Å². The molecule has 0 aliphatic carbocycles. The van der Waals surface area contributed by atoms with Crippen LogP contribution in [0.2, 0.25) is 0 Å². The summed E-state index contributed by atoms with van der Waals surface area (Å²) in [6.45, 7) is 0. The van der Waals surface area contributed by atoms with Gasteiger partial charge in [0.15, 0.2) is 0 Å². The van der Waals surface area contributed by atoms with E-state index in [4.69, 9.17) is 0 Å². The first-order valence-corrected chi connectivity index (χ1v) is 5.51. The number of halogens is 4. The standard InChI is InChI=1S/C14H10F4O/c15-12-5-1-10(2-6-12)9-11-3-7-13(8-4-11)19-14(16,17)18/h1-8H,9H2. The lowest BCUT2D eigenvalue weighted by molar-refractivity contribution is -0.274. The summed E-state index contributed by atoms with van der Waals surface area (Å²) < 4.78 is 52.4. The Bertz CT molecular complexity index is 529. The molecule has 0 heterocycles. The normalized spacial score (nSPS) is 11.4. The highest BCUT2D eigenvalue weighted by Gasteiger charge is 2.30. The van der Waals surface area contributed by atoms with Crippen molar-refractivity contribution >= 4 is 0 Å². The molecule has 1 nitrogen and oxygen atoms in total. The van der Waals surface area contributed by atoms with E-state index in [0.29, 0.717) is 6.42 Å². The molecule has 0 aromatic heterocycles. The monoisotopic (exact) mass is 270 g/mol. The van der Waals surface area contributed by atoms with E-state index >= 15 is 0 Å². The maximum Gasteiger partial charge on any atom is 0.573 e. The van der Waals surface area contributed by atoms with E-state index in [9.17, 15) is 17.6 Å². The van der Waals surface area contributed by atoms with E-state index in [1.807, 2.05) is 0 Å². The largest absolute Gasteiger partial charge is 0.573 e. The highest BCUT2D eigenvalue weighted by Crippen LogP contribution is 2.23. The summed E-state index contributed by atoms with van der Waals surface area (Å²) in [5, 5.41) is 0. The molecule has 0 bridgehead atoms. The van der Waals surface area contributed by atoms with Gasteiger partial charge < -0.3 is 4.74 Å². The fraction of sp³-hybridized carbons (Fsp3) is 0.143. The molecule has 0 atom stereocenters. The van der Waals surface area contributed by atoms with Crippen LogP contribution in [-0.4, -0.2) is 6.36 Å². The van der Waals surface area contributed by atoms with Crippen molar-refractivity contribution in [1.82, 2.24) is 0 Å². The van der Waals surface area contributed by atoms with Gasteiger partial charge in [-0.15, -0.1) is 13.2 Å². The lowest BCUT2D eigenvalue weighted by Crippen LogP contribution is -2.17. The highest BCUT2D eigenvalue weighted by molar-refractivity contribution is 5.31. The van der Waals surface area contributed by atoms with Gasteiger partial charge in [-0.25, -0.2) is 4.39 Å². The Morgan fingerprint density at radius 3 is 1.74 bits per heavy atom. The Morgan fingerprint density at radius 2 is 1.26 bits per heavy atom. The number of benzene rings is 2. The summed E-state index contributed by atoms with van der Waals surface area (Å²) in [7, 11) is 0. The molecular formula is C14H10F4O. The summed E-state index contributed by atoms with van der Waals surface area (Å²) >= 11 is 0. The van der Waals surface area contributed by atoms with Crippen LogP contribution < -0.4 is 4.74 Å². The molecule has 0 radical (unpaired) electrons. The average molecular weight is 270 g/mol. The molecule has 0 spiro atoms. The van der Waals surface area contributed by atoms with Crippen LogP contribution >= 0.6 is 0 Å². The molecule has 0 N–H and O–H groups in total. The van der Waals surface area contributed by atoms with Crippen LogP contribution in [-0.2, 0) is 6.42 Å². The van der Waals surface area contributed by atoms with Gasteiger partial charge in [-0.3, -0.25) is 0 Å². The molecule has 0 saturated heterocycles. The molecule has 0 fully saturated rings. The van der Waals surface area contributed by atoms with E-state index in [-0.39, 0.29) is 11.6 Å². The van der Waals surface area contributed by atoms with Crippen LogP contribution in [0.15, 0.2) is 48.5 Å². The van der Waals surface area contributed by atoms with E-state index in [1.54, 1.807) is 24.3 Å². The van der Waals surface area contributed by atoms with Gasteiger partial charge >= 0.3 is 6.36 Å². The second-order valence-electron chi connectivity index (χ2n) is 3.99. The van der Waals surface area contributed by atoms with Crippen LogP contribution in [0, 0.1) is 5.82 Å². The number of alkyl halides is 3. The molecule has 0 amide bonds. The number of hydrogen-bond acceptors (Lipinski definition) is 1. The predicted molar refractivity (Wildman–Crippen MR) is 62.3 cm³/mol. The fourth-order valence-electron chi connectivity index (χ4n) is 1.65. The van der Waals surface area contributed by atoms with E-state index < -0.39 is 6.36 Å². The Labute approximate surface area is 107 Å². The van der Waals surface area contributed by atoms with Gasteiger partial charge in [0.25, 0.3) is 0 Å². The summed E-state index contributed by atoms with van der Waals surface area (Å²) in [4.78, 5) is 0. The van der Waals surface area contributed by atoms with Gasteiger partial charge in [0.05, 0.1) is 0 Å². The summed E-state index contributed by atoms with van der Waals surface area (Å²) in [5.41, 5.74) is 1.70. The Hall–Kier alpha value is -2.04. The average Bonchev–Trinajstić information content (AvgIpc) is 2.33. The molecule has 2 aromatic rings. The fourth-order valence-corrected chi connectivity index (χ4v) is 1.65.